The average Bonchev–Trinajstić information content (AvgIpc) is 2.61. The third-order valence-electron chi connectivity index (χ3n) is 5.79. The number of anilines is 1. The van der Waals surface area contributed by atoms with Gasteiger partial charge in [0.15, 0.2) is 5.75 Å². The van der Waals surface area contributed by atoms with Gasteiger partial charge in [0.2, 0.25) is 0 Å². The third-order valence-corrected chi connectivity index (χ3v) is 6.37. The van der Waals surface area contributed by atoms with Gasteiger partial charge in [0.1, 0.15) is 0 Å². The molecular formula is C22H25Cl2NO2. The van der Waals surface area contributed by atoms with Crippen molar-refractivity contribution in [2.45, 2.75) is 51.4 Å². The highest BCUT2D eigenvalue weighted by Gasteiger charge is 2.37. The van der Waals surface area contributed by atoms with Gasteiger partial charge in [0.25, 0.3) is 5.91 Å². The first-order chi connectivity index (χ1) is 12.4. The van der Waals surface area contributed by atoms with Crippen molar-refractivity contribution < 1.29 is 9.90 Å². The first kappa shape index (κ1) is 20.0. The predicted molar refractivity (Wildman–Crippen MR) is 113 cm³/mol. The number of benzene rings is 2. The number of phenols is 1. The molecule has 0 fully saturated rings. The largest absolute Gasteiger partial charge is 0.505 e. The molecule has 1 aliphatic rings. The summed E-state index contributed by atoms with van der Waals surface area (Å²) in [5.74, 6) is -0.324. The Balaban J connectivity index is 2.01. The van der Waals surface area contributed by atoms with Gasteiger partial charge < -0.3 is 10.0 Å². The fourth-order valence-corrected chi connectivity index (χ4v) is 4.25. The zero-order valence-corrected chi connectivity index (χ0v) is 17.9. The number of hydrogen-bond donors (Lipinski definition) is 1. The summed E-state index contributed by atoms with van der Waals surface area (Å²) in [7, 11) is 1.68. The summed E-state index contributed by atoms with van der Waals surface area (Å²) in [5, 5.41) is 9.97. The molecule has 5 heteroatoms. The molecule has 2 aromatic carbocycles. The van der Waals surface area contributed by atoms with Crippen molar-refractivity contribution in [2.24, 2.45) is 0 Å². The maximum Gasteiger partial charge on any atom is 0.258 e. The Bertz CT molecular complexity index is 896. The average molecular weight is 406 g/mol. The van der Waals surface area contributed by atoms with Crippen LogP contribution in [-0.2, 0) is 10.8 Å². The molecule has 27 heavy (non-hydrogen) atoms. The molecule has 0 saturated carbocycles. The van der Waals surface area contributed by atoms with Crippen LogP contribution in [0.15, 0.2) is 30.3 Å². The van der Waals surface area contributed by atoms with Crippen LogP contribution < -0.4 is 4.90 Å². The Morgan fingerprint density at radius 3 is 2.04 bits per heavy atom. The Kier molecular flexibility index (Phi) is 4.98. The van der Waals surface area contributed by atoms with E-state index < -0.39 is 0 Å². The first-order valence-electron chi connectivity index (χ1n) is 9.05. The zero-order valence-electron chi connectivity index (χ0n) is 16.4. The number of fused-ring (bicyclic) bond motifs is 1. The van der Waals surface area contributed by atoms with E-state index in [0.717, 1.165) is 12.8 Å². The van der Waals surface area contributed by atoms with Gasteiger partial charge in [-0.2, -0.15) is 0 Å². The number of rotatable bonds is 2. The predicted octanol–water partition coefficient (Wildman–Crippen LogP) is 6.32. The number of halogens is 2. The maximum absolute atomic E-state index is 13.1. The quantitative estimate of drug-likeness (QED) is 0.634. The van der Waals surface area contributed by atoms with E-state index in [1.165, 1.54) is 28.2 Å². The molecule has 1 N–H and O–H groups in total. The van der Waals surface area contributed by atoms with Crippen molar-refractivity contribution in [3.8, 4) is 5.75 Å². The highest BCUT2D eigenvalue weighted by Crippen LogP contribution is 2.46. The Morgan fingerprint density at radius 1 is 0.963 bits per heavy atom. The van der Waals surface area contributed by atoms with Crippen molar-refractivity contribution in [3.05, 3.63) is 57.1 Å². The smallest absolute Gasteiger partial charge is 0.258 e. The Labute approximate surface area is 170 Å². The molecule has 0 radical (unpaired) electrons. The van der Waals surface area contributed by atoms with E-state index in [0.29, 0.717) is 11.3 Å². The number of carbonyl (C=O) groups excluding carboxylic acids is 1. The molecule has 2 aromatic rings. The van der Waals surface area contributed by atoms with Gasteiger partial charge in [-0.1, -0.05) is 57.0 Å². The van der Waals surface area contributed by atoms with E-state index in [1.807, 2.05) is 12.1 Å². The van der Waals surface area contributed by atoms with Crippen molar-refractivity contribution in [3.63, 3.8) is 0 Å². The van der Waals surface area contributed by atoms with E-state index in [9.17, 15) is 9.90 Å². The minimum atomic E-state index is -0.180. The number of carbonyl (C=O) groups is 1. The van der Waals surface area contributed by atoms with Crippen molar-refractivity contribution in [1.82, 2.24) is 0 Å². The SMILES string of the molecule is CN(C(=O)c1ccc2c(c1)C(C)(C)CCC2(C)C)c1cc(Cl)c(O)c(Cl)c1. The molecule has 3 rings (SSSR count). The van der Waals surface area contributed by atoms with Gasteiger partial charge >= 0.3 is 0 Å². The lowest BCUT2D eigenvalue weighted by Gasteiger charge is -2.42. The molecule has 0 aliphatic heterocycles. The minimum absolute atomic E-state index is 0.0326. The van der Waals surface area contributed by atoms with E-state index in [-0.39, 0.29) is 32.5 Å². The van der Waals surface area contributed by atoms with Gasteiger partial charge in [0, 0.05) is 18.3 Å². The molecule has 1 aliphatic carbocycles. The van der Waals surface area contributed by atoms with Gasteiger partial charge in [-0.15, -0.1) is 0 Å². The van der Waals surface area contributed by atoms with Crippen LogP contribution in [0.4, 0.5) is 5.69 Å². The second-order valence-corrected chi connectivity index (χ2v) is 9.46. The highest BCUT2D eigenvalue weighted by atomic mass is 35.5. The van der Waals surface area contributed by atoms with Crippen molar-refractivity contribution in [2.75, 3.05) is 11.9 Å². The Hall–Kier alpha value is -1.71. The van der Waals surface area contributed by atoms with Gasteiger partial charge in [-0.25, -0.2) is 0 Å². The summed E-state index contributed by atoms with van der Waals surface area (Å²) in [4.78, 5) is 14.6. The van der Waals surface area contributed by atoms with Crippen LogP contribution in [0.2, 0.25) is 10.0 Å². The van der Waals surface area contributed by atoms with E-state index in [4.69, 9.17) is 23.2 Å². The second-order valence-electron chi connectivity index (χ2n) is 8.65. The number of nitrogens with zero attached hydrogens (tertiary/aromatic N) is 1. The molecule has 0 saturated heterocycles. The Morgan fingerprint density at radius 2 is 1.48 bits per heavy atom. The molecule has 3 nitrogen and oxygen atoms in total. The molecule has 1 amide bonds. The summed E-state index contributed by atoms with van der Waals surface area (Å²) in [6.07, 6.45) is 2.22. The lowest BCUT2D eigenvalue weighted by atomic mass is 9.63. The topological polar surface area (TPSA) is 40.5 Å². The number of amides is 1. The molecule has 0 spiro atoms. The van der Waals surface area contributed by atoms with Gasteiger partial charge in [-0.3, -0.25) is 4.79 Å². The van der Waals surface area contributed by atoms with Gasteiger partial charge in [0.05, 0.1) is 10.0 Å². The van der Waals surface area contributed by atoms with Crippen LogP contribution in [0.3, 0.4) is 0 Å². The normalized spacial score (nSPS) is 17.3. The van der Waals surface area contributed by atoms with Gasteiger partial charge in [-0.05, 0) is 59.1 Å². The summed E-state index contributed by atoms with van der Waals surface area (Å²) in [6, 6.07) is 9.08. The standard InChI is InChI=1S/C22H25Cl2NO2/c1-21(2)8-9-22(3,4)16-10-13(6-7-15(16)21)20(27)25(5)14-11-17(23)19(26)18(24)12-14/h6-7,10-12,26H,8-9H2,1-5H3. The van der Waals surface area contributed by atoms with Crippen LogP contribution in [0.5, 0.6) is 5.75 Å². The summed E-state index contributed by atoms with van der Waals surface area (Å²) in [5.41, 5.74) is 3.85. The minimum Gasteiger partial charge on any atom is -0.505 e. The first-order valence-corrected chi connectivity index (χ1v) is 9.81. The number of hydrogen-bond acceptors (Lipinski definition) is 2. The second kappa shape index (κ2) is 6.72. The zero-order chi connectivity index (χ0) is 20.1. The molecule has 0 aromatic heterocycles. The van der Waals surface area contributed by atoms with Crippen molar-refractivity contribution in [1.29, 1.82) is 0 Å². The molecular weight excluding hydrogens is 381 g/mol. The molecule has 0 bridgehead atoms. The molecule has 144 valence electrons. The van der Waals surface area contributed by atoms with Crippen LogP contribution in [-0.4, -0.2) is 18.1 Å². The number of phenolic OH excluding ortho intramolecular Hbond substituents is 1. The lowest BCUT2D eigenvalue weighted by molar-refractivity contribution is 0.0992. The number of aromatic hydroxyl groups is 1. The van der Waals surface area contributed by atoms with E-state index in [2.05, 4.69) is 33.8 Å². The van der Waals surface area contributed by atoms with E-state index >= 15 is 0 Å². The monoisotopic (exact) mass is 405 g/mol. The fraction of sp³-hybridized carbons (Fsp3) is 0.409. The van der Waals surface area contributed by atoms with Crippen LogP contribution in [0.1, 0.15) is 62.0 Å². The van der Waals surface area contributed by atoms with Crippen LogP contribution >= 0.6 is 23.2 Å². The van der Waals surface area contributed by atoms with E-state index in [1.54, 1.807) is 7.05 Å². The summed E-state index contributed by atoms with van der Waals surface area (Å²) >= 11 is 12.0. The molecule has 0 atom stereocenters. The maximum atomic E-state index is 13.1. The third kappa shape index (κ3) is 3.55. The highest BCUT2D eigenvalue weighted by molar-refractivity contribution is 6.37. The fourth-order valence-electron chi connectivity index (χ4n) is 3.78. The van der Waals surface area contributed by atoms with Crippen LogP contribution in [0.25, 0.3) is 0 Å². The molecule has 0 unspecified atom stereocenters. The molecule has 0 heterocycles. The van der Waals surface area contributed by atoms with Crippen LogP contribution in [0, 0.1) is 0 Å². The van der Waals surface area contributed by atoms with Crippen molar-refractivity contribution >= 4 is 34.8 Å². The summed E-state index contributed by atoms with van der Waals surface area (Å²) < 4.78 is 0. The lowest BCUT2D eigenvalue weighted by Crippen LogP contribution is -2.34. The summed E-state index contributed by atoms with van der Waals surface area (Å²) in [6.45, 7) is 8.99.